The quantitative estimate of drug-likeness (QED) is 0.459. The van der Waals surface area contributed by atoms with Gasteiger partial charge in [-0.15, -0.1) is 11.3 Å². The van der Waals surface area contributed by atoms with E-state index in [1.165, 1.54) is 4.31 Å². The molecule has 1 fully saturated rings. The fourth-order valence-corrected chi connectivity index (χ4v) is 6.72. The number of likely N-dealkylation sites (tertiary alicyclic amines) is 1. The molecule has 0 bridgehead atoms. The van der Waals surface area contributed by atoms with Crippen molar-refractivity contribution in [1.82, 2.24) is 29.4 Å². The first-order chi connectivity index (χ1) is 15.3. The Morgan fingerprint density at radius 2 is 2.00 bits per heavy atom. The van der Waals surface area contributed by atoms with Crippen LogP contribution in [0.3, 0.4) is 0 Å². The van der Waals surface area contributed by atoms with Crippen molar-refractivity contribution in [2.75, 3.05) is 32.9 Å². The minimum atomic E-state index is -3.20. The average molecular weight is 472 g/mol. The zero-order valence-electron chi connectivity index (χ0n) is 17.9. The van der Waals surface area contributed by atoms with E-state index in [-0.39, 0.29) is 5.25 Å². The van der Waals surface area contributed by atoms with Crippen molar-refractivity contribution in [3.8, 4) is 11.4 Å². The Labute approximate surface area is 190 Å². The van der Waals surface area contributed by atoms with Gasteiger partial charge >= 0.3 is 0 Å². The van der Waals surface area contributed by atoms with Crippen molar-refractivity contribution in [3.63, 3.8) is 0 Å². The molecule has 3 aromatic heterocycles. The number of nitrogens with zero attached hydrogens (tertiary/aromatic N) is 5. The molecule has 0 unspecified atom stereocenters. The van der Waals surface area contributed by atoms with Crippen LogP contribution in [-0.4, -0.2) is 70.2 Å². The fourth-order valence-electron chi connectivity index (χ4n) is 4.24. The molecular formula is C21H25N7O2S2. The predicted octanol–water partition coefficient (Wildman–Crippen LogP) is 2.67. The maximum atomic E-state index is 12.4. The summed E-state index contributed by atoms with van der Waals surface area (Å²) in [7, 11) is 0.00843. The number of H-pyrrole nitrogens is 1. The molecule has 11 heteroatoms. The van der Waals surface area contributed by atoms with Crippen LogP contribution in [0, 0.1) is 0 Å². The summed E-state index contributed by atoms with van der Waals surface area (Å²) in [5.74, 6) is 1.05. The van der Waals surface area contributed by atoms with Crippen LogP contribution in [0.2, 0.25) is 0 Å². The number of nitrogens with one attached hydrogen (secondary N) is 1. The highest BCUT2D eigenvalue weighted by Gasteiger charge is 2.31. The van der Waals surface area contributed by atoms with Crippen molar-refractivity contribution in [2.45, 2.75) is 24.6 Å². The van der Waals surface area contributed by atoms with Gasteiger partial charge < -0.3 is 5.73 Å². The molecule has 1 saturated heterocycles. The van der Waals surface area contributed by atoms with E-state index in [9.17, 15) is 8.42 Å². The normalized spacial score (nSPS) is 16.5. The summed E-state index contributed by atoms with van der Waals surface area (Å²) < 4.78 is 26.1. The summed E-state index contributed by atoms with van der Waals surface area (Å²) >= 11 is 1.61. The second-order valence-corrected chi connectivity index (χ2v) is 11.8. The smallest absolute Gasteiger partial charge is 0.216 e. The number of nitrogens with two attached hydrogens (primary N) is 1. The lowest BCUT2D eigenvalue weighted by Gasteiger charge is -2.32. The molecule has 0 atom stereocenters. The lowest BCUT2D eigenvalue weighted by Crippen LogP contribution is -2.42. The van der Waals surface area contributed by atoms with Gasteiger partial charge in [-0.05, 0) is 38.1 Å². The van der Waals surface area contributed by atoms with Crippen LogP contribution >= 0.6 is 11.3 Å². The van der Waals surface area contributed by atoms with Crippen LogP contribution in [0.1, 0.15) is 17.7 Å². The molecule has 1 aromatic carbocycles. The number of hydrogen-bond acceptors (Lipinski definition) is 8. The maximum absolute atomic E-state index is 12.4. The van der Waals surface area contributed by atoms with Crippen LogP contribution in [0.5, 0.6) is 0 Å². The van der Waals surface area contributed by atoms with Gasteiger partial charge in [-0.2, -0.15) is 5.10 Å². The average Bonchev–Trinajstić information content (AvgIpc) is 3.40. The number of anilines is 1. The van der Waals surface area contributed by atoms with Crippen LogP contribution < -0.4 is 5.73 Å². The predicted molar refractivity (Wildman–Crippen MR) is 128 cm³/mol. The Morgan fingerprint density at radius 3 is 2.75 bits per heavy atom. The van der Waals surface area contributed by atoms with Gasteiger partial charge in [0.2, 0.25) is 10.0 Å². The van der Waals surface area contributed by atoms with Crippen molar-refractivity contribution in [3.05, 3.63) is 35.3 Å². The van der Waals surface area contributed by atoms with Crippen LogP contribution in [0.25, 0.3) is 32.5 Å². The molecule has 3 N–H and O–H groups in total. The number of aromatic amines is 1. The third-order valence-corrected chi connectivity index (χ3v) is 9.39. The van der Waals surface area contributed by atoms with E-state index in [0.29, 0.717) is 24.5 Å². The topological polar surface area (TPSA) is 121 Å². The second-order valence-electron chi connectivity index (χ2n) is 8.30. The summed E-state index contributed by atoms with van der Waals surface area (Å²) in [6.07, 6.45) is 3.06. The van der Waals surface area contributed by atoms with E-state index < -0.39 is 10.0 Å². The fraction of sp³-hybridized carbons (Fsp3) is 0.381. The molecule has 1 aliphatic rings. The summed E-state index contributed by atoms with van der Waals surface area (Å²) in [5.41, 5.74) is 8.12. The van der Waals surface area contributed by atoms with Crippen molar-refractivity contribution in [1.29, 1.82) is 0 Å². The molecule has 0 radical (unpaired) electrons. The Balaban J connectivity index is 1.37. The van der Waals surface area contributed by atoms with Crippen molar-refractivity contribution in [2.24, 2.45) is 0 Å². The van der Waals surface area contributed by atoms with Gasteiger partial charge in [0.1, 0.15) is 10.6 Å². The Bertz CT molecular complexity index is 1390. The minimum Gasteiger partial charge on any atom is -0.383 e. The van der Waals surface area contributed by atoms with Crippen LogP contribution in [-0.2, 0) is 16.6 Å². The maximum Gasteiger partial charge on any atom is 0.216 e. The third kappa shape index (κ3) is 3.75. The molecule has 4 heterocycles. The third-order valence-electron chi connectivity index (χ3n) is 6.04. The molecule has 0 aliphatic carbocycles. The number of rotatable bonds is 5. The zero-order valence-corrected chi connectivity index (χ0v) is 19.6. The minimum absolute atomic E-state index is 0.300. The number of piperidine rings is 1. The lowest BCUT2D eigenvalue weighted by atomic mass is 10.1. The molecule has 9 nitrogen and oxygen atoms in total. The Morgan fingerprint density at radius 1 is 1.22 bits per heavy atom. The first-order valence-corrected chi connectivity index (χ1v) is 12.8. The molecule has 0 amide bonds. The summed E-state index contributed by atoms with van der Waals surface area (Å²) in [5, 5.41) is 8.60. The molecule has 168 valence electrons. The van der Waals surface area contributed by atoms with E-state index in [1.54, 1.807) is 31.6 Å². The molecular weight excluding hydrogens is 446 g/mol. The standard InChI is InChI=1S/C21H25N7O2S2/c1-27(2)32(29,30)14-6-8-28(9-7-14)12-13-10-16-19(22)24-20(25-21(16)31-13)15-4-3-5-18-17(15)11-23-26-18/h3-5,10-11,14H,6-9,12H2,1-2H3,(H,23,26)(H2,22,24,25). The van der Waals surface area contributed by atoms with Crippen LogP contribution in [0.4, 0.5) is 5.82 Å². The highest BCUT2D eigenvalue weighted by Crippen LogP contribution is 2.33. The first kappa shape index (κ1) is 21.3. The van der Waals surface area contributed by atoms with Gasteiger partial charge in [0.05, 0.1) is 22.3 Å². The van der Waals surface area contributed by atoms with Gasteiger partial charge in [-0.25, -0.2) is 22.7 Å². The highest BCUT2D eigenvalue weighted by molar-refractivity contribution is 7.89. The van der Waals surface area contributed by atoms with Gasteiger partial charge in [0.25, 0.3) is 0 Å². The summed E-state index contributed by atoms with van der Waals surface area (Å²) in [6, 6.07) is 7.93. The SMILES string of the molecule is CN(C)S(=O)(=O)C1CCN(Cc2cc3c(N)nc(-c4cccc5[nH]ncc45)nc3s2)CC1. The van der Waals surface area contributed by atoms with E-state index in [1.807, 2.05) is 18.2 Å². The number of thiophene rings is 1. The van der Waals surface area contributed by atoms with E-state index >= 15 is 0 Å². The number of sulfonamides is 1. The van der Waals surface area contributed by atoms with E-state index in [0.717, 1.165) is 51.2 Å². The molecule has 32 heavy (non-hydrogen) atoms. The monoisotopic (exact) mass is 471 g/mol. The number of fused-ring (bicyclic) bond motifs is 2. The lowest BCUT2D eigenvalue weighted by molar-refractivity contribution is 0.222. The Hall–Kier alpha value is -2.60. The molecule has 4 aromatic rings. The summed E-state index contributed by atoms with van der Waals surface area (Å²) in [4.78, 5) is 13.7. The van der Waals surface area contributed by atoms with Crippen molar-refractivity contribution >= 4 is 48.3 Å². The van der Waals surface area contributed by atoms with E-state index in [2.05, 4.69) is 26.1 Å². The number of nitrogen functional groups attached to an aromatic ring is 1. The van der Waals surface area contributed by atoms with Gasteiger partial charge in [0.15, 0.2) is 5.82 Å². The van der Waals surface area contributed by atoms with Gasteiger partial charge in [-0.3, -0.25) is 10.00 Å². The van der Waals surface area contributed by atoms with Crippen LogP contribution in [0.15, 0.2) is 30.5 Å². The largest absolute Gasteiger partial charge is 0.383 e. The second kappa shape index (κ2) is 8.07. The number of benzene rings is 1. The Kier molecular flexibility index (Phi) is 5.36. The molecule has 1 aliphatic heterocycles. The molecule has 5 rings (SSSR count). The highest BCUT2D eigenvalue weighted by atomic mass is 32.2. The van der Waals surface area contributed by atoms with Crippen molar-refractivity contribution < 1.29 is 8.42 Å². The molecule has 0 saturated carbocycles. The molecule has 0 spiro atoms. The first-order valence-electron chi connectivity index (χ1n) is 10.4. The number of hydrogen-bond donors (Lipinski definition) is 2. The van der Waals surface area contributed by atoms with E-state index in [4.69, 9.17) is 10.7 Å². The number of aromatic nitrogens is 4. The summed E-state index contributed by atoms with van der Waals surface area (Å²) in [6.45, 7) is 2.25. The van der Waals surface area contributed by atoms with Gasteiger partial charge in [-0.1, -0.05) is 12.1 Å². The zero-order chi connectivity index (χ0) is 22.5. The van der Waals surface area contributed by atoms with Gasteiger partial charge in [0, 0.05) is 36.5 Å².